The Morgan fingerprint density at radius 2 is 1.38 bits per heavy atom. The Morgan fingerprint density at radius 3 is 1.97 bits per heavy atom. The zero-order chi connectivity index (χ0) is 24.6. The predicted molar refractivity (Wildman–Crippen MR) is 134 cm³/mol. The second kappa shape index (κ2) is 9.06. The van der Waals surface area contributed by atoms with Gasteiger partial charge in [0.1, 0.15) is 17.2 Å². The molecule has 34 heavy (non-hydrogen) atoms. The largest absolute Gasteiger partial charge is 0.497 e. The number of nitrogens with one attached hydrogen (secondary N) is 1. The third-order valence-electron chi connectivity index (χ3n) is 6.09. The van der Waals surface area contributed by atoms with Crippen molar-refractivity contribution >= 4 is 28.8 Å². The van der Waals surface area contributed by atoms with E-state index in [1.165, 1.54) is 4.90 Å². The van der Waals surface area contributed by atoms with Crippen molar-refractivity contribution in [3.8, 4) is 11.5 Å². The van der Waals surface area contributed by atoms with Gasteiger partial charge in [0.15, 0.2) is 0 Å². The summed E-state index contributed by atoms with van der Waals surface area (Å²) in [5, 5.41) is 3.19. The molecule has 1 heterocycles. The lowest BCUT2D eigenvalue weighted by atomic mass is 9.99. The van der Waals surface area contributed by atoms with Gasteiger partial charge in [-0.3, -0.25) is 9.59 Å². The van der Waals surface area contributed by atoms with Gasteiger partial charge in [-0.25, -0.2) is 4.90 Å². The van der Waals surface area contributed by atoms with Gasteiger partial charge in [-0.1, -0.05) is 35.9 Å². The van der Waals surface area contributed by atoms with Crippen molar-refractivity contribution in [1.82, 2.24) is 0 Å². The van der Waals surface area contributed by atoms with Crippen LogP contribution in [0.2, 0.25) is 0 Å². The molecule has 0 saturated heterocycles. The van der Waals surface area contributed by atoms with Gasteiger partial charge < -0.3 is 14.8 Å². The number of aryl methyl sites for hydroxylation is 4. The standard InChI is InChI=1S/C28H28N2O4/c1-16-7-10-24(19(4)11-16)30-27(31)25(20-9-8-17(2)18(3)12-20)26(28(30)32)29-21-13-22(33-5)15-23(14-21)34-6/h7-15,29H,1-6H3. The van der Waals surface area contributed by atoms with E-state index >= 15 is 0 Å². The number of hydrogen-bond acceptors (Lipinski definition) is 5. The molecular formula is C28H28N2O4. The molecule has 0 bridgehead atoms. The van der Waals surface area contributed by atoms with E-state index in [1.807, 2.05) is 64.1 Å². The molecule has 0 unspecified atom stereocenters. The lowest BCUT2D eigenvalue weighted by Crippen LogP contribution is -2.33. The summed E-state index contributed by atoms with van der Waals surface area (Å²) in [6, 6.07) is 16.7. The van der Waals surface area contributed by atoms with Crippen LogP contribution in [-0.2, 0) is 9.59 Å². The fourth-order valence-electron chi connectivity index (χ4n) is 4.11. The highest BCUT2D eigenvalue weighted by atomic mass is 16.5. The van der Waals surface area contributed by atoms with Crippen LogP contribution in [0, 0.1) is 27.7 Å². The average molecular weight is 457 g/mol. The summed E-state index contributed by atoms with van der Waals surface area (Å²) >= 11 is 0. The summed E-state index contributed by atoms with van der Waals surface area (Å²) in [5.41, 5.74) is 6.44. The Morgan fingerprint density at radius 1 is 0.706 bits per heavy atom. The van der Waals surface area contributed by atoms with E-state index in [0.717, 1.165) is 22.3 Å². The second-order valence-corrected chi connectivity index (χ2v) is 8.51. The van der Waals surface area contributed by atoms with Crippen molar-refractivity contribution in [2.75, 3.05) is 24.4 Å². The highest BCUT2D eigenvalue weighted by molar-refractivity contribution is 6.46. The minimum Gasteiger partial charge on any atom is -0.497 e. The number of ether oxygens (including phenoxy) is 2. The van der Waals surface area contributed by atoms with Crippen molar-refractivity contribution in [2.24, 2.45) is 0 Å². The minimum atomic E-state index is -0.410. The van der Waals surface area contributed by atoms with Crippen molar-refractivity contribution < 1.29 is 19.1 Å². The Bertz CT molecular complexity index is 1320. The fraction of sp³-hybridized carbons (Fsp3) is 0.214. The second-order valence-electron chi connectivity index (χ2n) is 8.51. The number of rotatable bonds is 6. The molecule has 174 valence electrons. The molecule has 6 heteroatoms. The van der Waals surface area contributed by atoms with Gasteiger partial charge in [-0.2, -0.15) is 0 Å². The maximum Gasteiger partial charge on any atom is 0.282 e. The first-order valence-corrected chi connectivity index (χ1v) is 11.0. The number of anilines is 2. The molecule has 0 spiro atoms. The van der Waals surface area contributed by atoms with Gasteiger partial charge in [-0.05, 0) is 56.0 Å². The number of amides is 2. The first-order chi connectivity index (χ1) is 16.2. The normalized spacial score (nSPS) is 13.5. The summed E-state index contributed by atoms with van der Waals surface area (Å²) in [6.07, 6.45) is 0. The zero-order valence-corrected chi connectivity index (χ0v) is 20.3. The van der Waals surface area contributed by atoms with Crippen LogP contribution in [0.25, 0.3) is 5.57 Å². The molecule has 0 aliphatic carbocycles. The summed E-state index contributed by atoms with van der Waals surface area (Å²) in [5.74, 6) is 0.362. The molecule has 1 aliphatic heterocycles. The summed E-state index contributed by atoms with van der Waals surface area (Å²) < 4.78 is 10.7. The van der Waals surface area contributed by atoms with Crippen LogP contribution in [0.15, 0.2) is 60.3 Å². The van der Waals surface area contributed by atoms with Gasteiger partial charge >= 0.3 is 0 Å². The Labute approximate surface area is 199 Å². The molecule has 6 nitrogen and oxygen atoms in total. The summed E-state index contributed by atoms with van der Waals surface area (Å²) in [4.78, 5) is 28.7. The van der Waals surface area contributed by atoms with E-state index < -0.39 is 5.91 Å². The minimum absolute atomic E-state index is 0.212. The molecule has 1 N–H and O–H groups in total. The van der Waals surface area contributed by atoms with Gasteiger partial charge in [-0.15, -0.1) is 0 Å². The van der Waals surface area contributed by atoms with Crippen LogP contribution in [-0.4, -0.2) is 26.0 Å². The number of hydrogen-bond donors (Lipinski definition) is 1. The van der Waals surface area contributed by atoms with Crippen LogP contribution in [0.3, 0.4) is 0 Å². The van der Waals surface area contributed by atoms with Crippen LogP contribution < -0.4 is 19.7 Å². The topological polar surface area (TPSA) is 67.9 Å². The van der Waals surface area contributed by atoms with E-state index in [1.54, 1.807) is 32.4 Å². The van der Waals surface area contributed by atoms with Crippen molar-refractivity contribution in [3.05, 3.63) is 88.1 Å². The average Bonchev–Trinajstić information content (AvgIpc) is 3.05. The number of benzene rings is 3. The van der Waals surface area contributed by atoms with Gasteiger partial charge in [0.05, 0.1) is 25.5 Å². The predicted octanol–water partition coefficient (Wildman–Crippen LogP) is 5.33. The van der Waals surface area contributed by atoms with E-state index in [-0.39, 0.29) is 11.6 Å². The smallest absolute Gasteiger partial charge is 0.282 e. The van der Waals surface area contributed by atoms with E-state index in [4.69, 9.17) is 9.47 Å². The van der Waals surface area contributed by atoms with Gasteiger partial charge in [0.25, 0.3) is 11.8 Å². The Balaban J connectivity index is 1.87. The van der Waals surface area contributed by atoms with Crippen LogP contribution in [0.5, 0.6) is 11.5 Å². The maximum absolute atomic E-state index is 13.8. The van der Waals surface area contributed by atoms with Crippen LogP contribution in [0.4, 0.5) is 11.4 Å². The molecular weight excluding hydrogens is 428 g/mol. The molecule has 2 amide bonds. The number of methoxy groups -OCH3 is 2. The van der Waals surface area contributed by atoms with Gasteiger partial charge in [0, 0.05) is 23.9 Å². The van der Waals surface area contributed by atoms with Crippen LogP contribution in [0.1, 0.15) is 27.8 Å². The maximum atomic E-state index is 13.8. The number of carbonyl (C=O) groups excluding carboxylic acids is 2. The highest BCUT2D eigenvalue weighted by Crippen LogP contribution is 2.37. The van der Waals surface area contributed by atoms with Crippen molar-refractivity contribution in [2.45, 2.75) is 27.7 Å². The Kier molecular flexibility index (Phi) is 6.16. The van der Waals surface area contributed by atoms with Crippen molar-refractivity contribution in [1.29, 1.82) is 0 Å². The molecule has 4 rings (SSSR count). The molecule has 0 radical (unpaired) electrons. The van der Waals surface area contributed by atoms with Crippen LogP contribution >= 0.6 is 0 Å². The molecule has 0 fully saturated rings. The first-order valence-electron chi connectivity index (χ1n) is 11.0. The highest BCUT2D eigenvalue weighted by Gasteiger charge is 2.41. The Hall–Kier alpha value is -4.06. The number of nitrogens with zero attached hydrogens (tertiary/aromatic N) is 1. The lowest BCUT2D eigenvalue weighted by Gasteiger charge is -2.18. The third-order valence-corrected chi connectivity index (χ3v) is 6.09. The molecule has 0 atom stereocenters. The summed E-state index contributed by atoms with van der Waals surface area (Å²) in [7, 11) is 3.12. The first kappa shape index (κ1) is 23.1. The molecule has 3 aromatic carbocycles. The third kappa shape index (κ3) is 4.15. The monoisotopic (exact) mass is 456 g/mol. The number of imide groups is 1. The molecule has 1 aliphatic rings. The van der Waals surface area contributed by atoms with E-state index in [0.29, 0.717) is 34.0 Å². The zero-order valence-electron chi connectivity index (χ0n) is 20.3. The molecule has 0 aromatic heterocycles. The van der Waals surface area contributed by atoms with Crippen molar-refractivity contribution in [3.63, 3.8) is 0 Å². The fourth-order valence-corrected chi connectivity index (χ4v) is 4.11. The SMILES string of the molecule is COc1cc(NC2=C(c3ccc(C)c(C)c3)C(=O)N(c3ccc(C)cc3C)C2=O)cc(OC)c1. The molecule has 3 aromatic rings. The van der Waals surface area contributed by atoms with E-state index in [9.17, 15) is 9.59 Å². The van der Waals surface area contributed by atoms with Gasteiger partial charge in [0.2, 0.25) is 0 Å². The summed E-state index contributed by atoms with van der Waals surface area (Å²) in [6.45, 7) is 7.88. The quantitative estimate of drug-likeness (QED) is 0.508. The van der Waals surface area contributed by atoms with E-state index in [2.05, 4.69) is 5.32 Å². The lowest BCUT2D eigenvalue weighted by molar-refractivity contribution is -0.120. The molecule has 0 saturated carbocycles. The number of carbonyl (C=O) groups is 2.